The van der Waals surface area contributed by atoms with Crippen LogP contribution >= 0.6 is 0 Å². The number of hydrogen-bond acceptors (Lipinski definition) is 2. The fourth-order valence-electron chi connectivity index (χ4n) is 1.75. The standard InChI is InChI=1S/C12H24N2/c1-9(2)11-7-6-10(3)12(4,5)8-13-14-11/h9-10,13H,6-8H2,1-5H3/b14-11+. The van der Waals surface area contributed by atoms with E-state index in [2.05, 4.69) is 45.1 Å². The number of nitrogens with zero attached hydrogens (tertiary/aromatic N) is 1. The summed E-state index contributed by atoms with van der Waals surface area (Å²) in [6, 6.07) is 0. The minimum absolute atomic E-state index is 0.367. The van der Waals surface area contributed by atoms with Crippen molar-refractivity contribution in [3.05, 3.63) is 0 Å². The van der Waals surface area contributed by atoms with Gasteiger partial charge in [-0.25, -0.2) is 0 Å². The first-order valence-corrected chi connectivity index (χ1v) is 5.73. The van der Waals surface area contributed by atoms with Crippen LogP contribution in [0, 0.1) is 17.3 Å². The van der Waals surface area contributed by atoms with E-state index in [1.807, 2.05) is 0 Å². The molecular weight excluding hydrogens is 172 g/mol. The average molecular weight is 196 g/mol. The van der Waals surface area contributed by atoms with Crippen molar-refractivity contribution < 1.29 is 0 Å². The molecule has 1 atom stereocenters. The fraction of sp³-hybridized carbons (Fsp3) is 0.917. The van der Waals surface area contributed by atoms with Crippen molar-refractivity contribution in [1.82, 2.24) is 5.43 Å². The number of rotatable bonds is 1. The van der Waals surface area contributed by atoms with Crippen molar-refractivity contribution in [3.63, 3.8) is 0 Å². The predicted molar refractivity (Wildman–Crippen MR) is 62.5 cm³/mol. The van der Waals surface area contributed by atoms with Crippen LogP contribution in [0.15, 0.2) is 5.10 Å². The van der Waals surface area contributed by atoms with Gasteiger partial charge in [0.05, 0.1) is 0 Å². The van der Waals surface area contributed by atoms with E-state index < -0.39 is 0 Å². The molecule has 1 rings (SSSR count). The Labute approximate surface area is 88.2 Å². The molecule has 0 spiro atoms. The summed E-state index contributed by atoms with van der Waals surface area (Å²) in [6.45, 7) is 12.4. The highest BCUT2D eigenvalue weighted by Crippen LogP contribution is 2.30. The second-order valence-corrected chi connectivity index (χ2v) is 5.52. The van der Waals surface area contributed by atoms with E-state index in [4.69, 9.17) is 0 Å². The molecule has 0 saturated heterocycles. The molecule has 2 nitrogen and oxygen atoms in total. The lowest BCUT2D eigenvalue weighted by Crippen LogP contribution is -2.35. The van der Waals surface area contributed by atoms with Crippen LogP contribution in [0.3, 0.4) is 0 Å². The van der Waals surface area contributed by atoms with Crippen LogP contribution in [0.1, 0.15) is 47.5 Å². The molecule has 0 fully saturated rings. The minimum Gasteiger partial charge on any atom is -0.310 e. The maximum atomic E-state index is 4.48. The van der Waals surface area contributed by atoms with Gasteiger partial charge >= 0.3 is 0 Å². The molecule has 0 aromatic rings. The highest BCUT2D eigenvalue weighted by atomic mass is 15.3. The van der Waals surface area contributed by atoms with Crippen molar-refractivity contribution >= 4 is 5.71 Å². The van der Waals surface area contributed by atoms with Crippen LogP contribution in [0.2, 0.25) is 0 Å². The molecule has 0 aromatic heterocycles. The van der Waals surface area contributed by atoms with Gasteiger partial charge in [-0.3, -0.25) is 0 Å². The van der Waals surface area contributed by atoms with Gasteiger partial charge in [-0.2, -0.15) is 5.10 Å². The number of nitrogens with one attached hydrogen (secondary N) is 1. The number of hydrogen-bond donors (Lipinski definition) is 1. The Morgan fingerprint density at radius 1 is 1.43 bits per heavy atom. The molecule has 0 bridgehead atoms. The summed E-state index contributed by atoms with van der Waals surface area (Å²) < 4.78 is 0. The Hall–Kier alpha value is -0.530. The quantitative estimate of drug-likeness (QED) is 0.685. The molecule has 0 aromatic carbocycles. The Kier molecular flexibility index (Phi) is 3.57. The highest BCUT2D eigenvalue weighted by molar-refractivity contribution is 5.86. The molecule has 2 heteroatoms. The Bertz CT molecular complexity index is 216. The summed E-state index contributed by atoms with van der Waals surface area (Å²) in [6.07, 6.45) is 2.42. The lowest BCUT2D eigenvalue weighted by Gasteiger charge is -2.33. The van der Waals surface area contributed by atoms with E-state index >= 15 is 0 Å². The first-order chi connectivity index (χ1) is 6.43. The molecule has 1 N–H and O–H groups in total. The normalized spacial score (nSPS) is 31.3. The second-order valence-electron chi connectivity index (χ2n) is 5.52. The smallest absolute Gasteiger partial charge is 0.0403 e. The monoisotopic (exact) mass is 196 g/mol. The molecule has 1 aliphatic rings. The van der Waals surface area contributed by atoms with Gasteiger partial charge in [-0.1, -0.05) is 34.6 Å². The minimum atomic E-state index is 0.367. The van der Waals surface area contributed by atoms with E-state index in [1.165, 1.54) is 12.1 Å². The van der Waals surface area contributed by atoms with Gasteiger partial charge in [0.15, 0.2) is 0 Å². The first kappa shape index (κ1) is 11.5. The van der Waals surface area contributed by atoms with Crippen LogP contribution < -0.4 is 5.43 Å². The van der Waals surface area contributed by atoms with Gasteiger partial charge in [0.2, 0.25) is 0 Å². The molecule has 14 heavy (non-hydrogen) atoms. The van der Waals surface area contributed by atoms with Gasteiger partial charge in [-0.15, -0.1) is 0 Å². The summed E-state index contributed by atoms with van der Waals surface area (Å²) in [5, 5.41) is 4.48. The summed E-state index contributed by atoms with van der Waals surface area (Å²) in [4.78, 5) is 0. The summed E-state index contributed by atoms with van der Waals surface area (Å²) in [5.74, 6) is 1.34. The van der Waals surface area contributed by atoms with Crippen LogP contribution in [-0.2, 0) is 0 Å². The van der Waals surface area contributed by atoms with Crippen molar-refractivity contribution in [1.29, 1.82) is 0 Å². The van der Waals surface area contributed by atoms with E-state index in [0.29, 0.717) is 11.3 Å². The second kappa shape index (κ2) is 4.33. The van der Waals surface area contributed by atoms with Crippen LogP contribution in [0.4, 0.5) is 0 Å². The largest absolute Gasteiger partial charge is 0.310 e. The Morgan fingerprint density at radius 2 is 2.07 bits per heavy atom. The molecule has 82 valence electrons. The summed E-state index contributed by atoms with van der Waals surface area (Å²) in [7, 11) is 0. The zero-order chi connectivity index (χ0) is 10.8. The third kappa shape index (κ3) is 2.73. The third-order valence-electron chi connectivity index (χ3n) is 3.59. The summed E-state index contributed by atoms with van der Waals surface area (Å²) >= 11 is 0. The zero-order valence-corrected chi connectivity index (χ0v) is 10.2. The molecule has 0 amide bonds. The van der Waals surface area contributed by atoms with Crippen LogP contribution in [0.5, 0.6) is 0 Å². The molecule has 0 radical (unpaired) electrons. The van der Waals surface area contributed by atoms with Gasteiger partial charge in [0, 0.05) is 12.3 Å². The first-order valence-electron chi connectivity index (χ1n) is 5.73. The van der Waals surface area contributed by atoms with Gasteiger partial charge in [-0.05, 0) is 30.1 Å². The maximum absolute atomic E-state index is 4.48. The van der Waals surface area contributed by atoms with E-state index in [-0.39, 0.29) is 0 Å². The van der Waals surface area contributed by atoms with E-state index in [1.54, 1.807) is 0 Å². The van der Waals surface area contributed by atoms with Gasteiger partial charge in [0.25, 0.3) is 0 Å². The fourth-order valence-corrected chi connectivity index (χ4v) is 1.75. The lowest BCUT2D eigenvalue weighted by molar-refractivity contribution is 0.208. The predicted octanol–water partition coefficient (Wildman–Crippen LogP) is 3.04. The Morgan fingerprint density at radius 3 is 2.64 bits per heavy atom. The molecule has 0 saturated carbocycles. The van der Waals surface area contributed by atoms with Crippen molar-refractivity contribution in [2.75, 3.05) is 6.54 Å². The highest BCUT2D eigenvalue weighted by Gasteiger charge is 2.27. The van der Waals surface area contributed by atoms with Crippen molar-refractivity contribution in [2.45, 2.75) is 47.5 Å². The third-order valence-corrected chi connectivity index (χ3v) is 3.59. The molecular formula is C12H24N2. The van der Waals surface area contributed by atoms with Crippen molar-refractivity contribution in [2.24, 2.45) is 22.4 Å². The molecule has 1 aliphatic heterocycles. The molecule has 0 aliphatic carbocycles. The molecule has 1 unspecified atom stereocenters. The van der Waals surface area contributed by atoms with Crippen LogP contribution in [0.25, 0.3) is 0 Å². The van der Waals surface area contributed by atoms with Gasteiger partial charge in [0.1, 0.15) is 0 Å². The SMILES string of the molecule is CC(C)/C1=N/NCC(C)(C)C(C)CC1. The zero-order valence-electron chi connectivity index (χ0n) is 10.2. The topological polar surface area (TPSA) is 24.4 Å². The van der Waals surface area contributed by atoms with E-state index in [0.717, 1.165) is 18.9 Å². The van der Waals surface area contributed by atoms with Crippen LogP contribution in [-0.4, -0.2) is 12.3 Å². The molecule has 1 heterocycles. The Balaban J connectivity index is 2.68. The number of hydrazone groups is 1. The van der Waals surface area contributed by atoms with Gasteiger partial charge < -0.3 is 5.43 Å². The van der Waals surface area contributed by atoms with E-state index in [9.17, 15) is 0 Å². The van der Waals surface area contributed by atoms with Crippen molar-refractivity contribution in [3.8, 4) is 0 Å². The maximum Gasteiger partial charge on any atom is 0.0403 e. The summed E-state index contributed by atoms with van der Waals surface area (Å²) in [5.41, 5.74) is 4.92. The average Bonchev–Trinajstić information content (AvgIpc) is 2.07. The lowest BCUT2D eigenvalue weighted by atomic mass is 9.76.